The fraction of sp³-hybridized carbons (Fsp3) is 0.545. The highest BCUT2D eigenvalue weighted by molar-refractivity contribution is 7.91. The number of fused-ring (bicyclic) bond motifs is 1. The van der Waals surface area contributed by atoms with E-state index >= 15 is 0 Å². The predicted molar refractivity (Wildman–Crippen MR) is 133 cm³/mol. The average Bonchev–Trinajstić information content (AvgIpc) is 3.22. The zero-order valence-electron chi connectivity index (χ0n) is 18.8. The molecule has 1 saturated carbocycles. The Balaban J connectivity index is 1.32. The van der Waals surface area contributed by atoms with E-state index in [4.69, 9.17) is 4.98 Å². The molecule has 1 aliphatic heterocycles. The summed E-state index contributed by atoms with van der Waals surface area (Å²) in [4.78, 5) is 19.2. The molecule has 0 radical (unpaired) electrons. The maximum atomic E-state index is 11.7. The van der Waals surface area contributed by atoms with Crippen molar-refractivity contribution in [2.75, 3.05) is 22.1 Å². The lowest BCUT2D eigenvalue weighted by atomic mass is 9.93. The Morgan fingerprint density at radius 1 is 1.03 bits per heavy atom. The van der Waals surface area contributed by atoms with Gasteiger partial charge in [0.25, 0.3) is 0 Å². The quantitative estimate of drug-likeness (QED) is 0.380. The lowest BCUT2D eigenvalue weighted by molar-refractivity contribution is 0.126. The fourth-order valence-corrected chi connectivity index (χ4v) is 6.70. The van der Waals surface area contributed by atoms with Gasteiger partial charge in [0.1, 0.15) is 26.0 Å². The van der Waals surface area contributed by atoms with Crippen LogP contribution in [0.1, 0.15) is 44.2 Å². The highest BCUT2D eigenvalue weighted by atomic mass is 32.2. The lowest BCUT2D eigenvalue weighted by Crippen LogP contribution is -2.37. The van der Waals surface area contributed by atoms with Crippen LogP contribution in [0.3, 0.4) is 0 Å². The van der Waals surface area contributed by atoms with Crippen LogP contribution >= 0.6 is 11.3 Å². The van der Waals surface area contributed by atoms with Crippen LogP contribution in [0, 0.1) is 0 Å². The SMILES string of the molecule is O=S1(=O)CCC(NCc2cc(Nc3nc4cccnc4s3)nc(NC3CCC(O)CC3)n2)CC1. The van der Waals surface area contributed by atoms with Gasteiger partial charge < -0.3 is 21.1 Å². The Morgan fingerprint density at radius 2 is 1.82 bits per heavy atom. The number of hydrogen-bond acceptors (Lipinski definition) is 11. The first-order chi connectivity index (χ1) is 16.4. The van der Waals surface area contributed by atoms with Crippen LogP contribution in [0.5, 0.6) is 0 Å². The molecule has 4 heterocycles. The fourth-order valence-electron chi connectivity index (χ4n) is 4.40. The van der Waals surface area contributed by atoms with Crippen LogP contribution in [0.25, 0.3) is 10.3 Å². The molecule has 0 aromatic carbocycles. The Morgan fingerprint density at radius 3 is 2.59 bits per heavy atom. The normalized spacial score (nSPS) is 23.1. The largest absolute Gasteiger partial charge is 0.393 e. The molecule has 182 valence electrons. The third kappa shape index (κ3) is 5.98. The van der Waals surface area contributed by atoms with Gasteiger partial charge in [0.2, 0.25) is 5.95 Å². The minimum absolute atomic E-state index is 0.154. The molecule has 0 spiro atoms. The van der Waals surface area contributed by atoms with Crippen LogP contribution in [0.2, 0.25) is 0 Å². The molecule has 0 bridgehead atoms. The predicted octanol–water partition coefficient (Wildman–Crippen LogP) is 2.61. The van der Waals surface area contributed by atoms with Crippen LogP contribution in [-0.4, -0.2) is 63.2 Å². The van der Waals surface area contributed by atoms with Crippen molar-refractivity contribution in [3.05, 3.63) is 30.1 Å². The molecule has 4 N–H and O–H groups in total. The number of hydrogen-bond donors (Lipinski definition) is 4. The molecule has 34 heavy (non-hydrogen) atoms. The van der Waals surface area contributed by atoms with Gasteiger partial charge in [0.05, 0.1) is 23.3 Å². The van der Waals surface area contributed by atoms with E-state index in [9.17, 15) is 13.5 Å². The van der Waals surface area contributed by atoms with Crippen molar-refractivity contribution in [1.29, 1.82) is 0 Å². The number of nitrogens with one attached hydrogen (secondary N) is 3. The summed E-state index contributed by atoms with van der Waals surface area (Å²) in [5.74, 6) is 1.63. The molecule has 0 unspecified atom stereocenters. The second kappa shape index (κ2) is 10.1. The number of anilines is 3. The maximum absolute atomic E-state index is 11.7. The summed E-state index contributed by atoms with van der Waals surface area (Å²) in [7, 11) is -2.89. The number of aliphatic hydroxyl groups excluding tert-OH is 1. The van der Waals surface area contributed by atoms with Crippen molar-refractivity contribution in [2.45, 2.75) is 63.3 Å². The van der Waals surface area contributed by atoms with Crippen LogP contribution in [0.15, 0.2) is 24.4 Å². The van der Waals surface area contributed by atoms with Gasteiger partial charge in [-0.25, -0.2) is 23.4 Å². The smallest absolute Gasteiger partial charge is 0.225 e. The molecule has 1 saturated heterocycles. The third-order valence-electron chi connectivity index (χ3n) is 6.34. The first kappa shape index (κ1) is 23.3. The van der Waals surface area contributed by atoms with Crippen LogP contribution < -0.4 is 16.0 Å². The standard InChI is InChI=1S/C22H29N7O3S2/c30-17-5-3-15(4-6-17)25-21-26-16(13-24-14-7-10-34(31,32)11-8-14)12-19(28-21)29-22-27-18-2-1-9-23-20(18)33-22/h1-2,9,12,14-15,17,24,30H,3-8,10-11,13H2,(H2,25,26,27,28,29). The van der Waals surface area contributed by atoms with Gasteiger partial charge in [-0.05, 0) is 50.7 Å². The second-order valence-corrected chi connectivity index (χ2v) is 12.3. The molecule has 0 atom stereocenters. The van der Waals surface area contributed by atoms with Crippen molar-refractivity contribution >= 4 is 48.4 Å². The summed E-state index contributed by atoms with van der Waals surface area (Å²) in [6.07, 6.45) is 6.04. The number of sulfone groups is 1. The second-order valence-electron chi connectivity index (χ2n) is 9.00. The van der Waals surface area contributed by atoms with E-state index in [2.05, 4.69) is 30.9 Å². The van der Waals surface area contributed by atoms with Crippen molar-refractivity contribution in [1.82, 2.24) is 25.3 Å². The molecule has 1 aliphatic carbocycles. The molecule has 5 rings (SSSR count). The summed E-state index contributed by atoms with van der Waals surface area (Å²) < 4.78 is 23.4. The zero-order valence-corrected chi connectivity index (χ0v) is 20.4. The van der Waals surface area contributed by atoms with Gasteiger partial charge in [0, 0.05) is 30.9 Å². The van der Waals surface area contributed by atoms with E-state index in [0.717, 1.165) is 41.7 Å². The van der Waals surface area contributed by atoms with Crippen molar-refractivity contribution in [2.24, 2.45) is 0 Å². The van der Waals surface area contributed by atoms with Gasteiger partial charge >= 0.3 is 0 Å². The Hall–Kier alpha value is -2.41. The first-order valence-corrected chi connectivity index (χ1v) is 14.3. The molecular weight excluding hydrogens is 474 g/mol. The Labute approximate surface area is 202 Å². The molecule has 2 fully saturated rings. The van der Waals surface area contributed by atoms with Crippen molar-refractivity contribution in [3.8, 4) is 0 Å². The minimum atomic E-state index is -2.89. The minimum Gasteiger partial charge on any atom is -0.393 e. The van der Waals surface area contributed by atoms with Gasteiger partial charge in [-0.1, -0.05) is 11.3 Å². The molecular formula is C22H29N7O3S2. The number of thiazole rings is 1. The van der Waals surface area contributed by atoms with Gasteiger partial charge in [0.15, 0.2) is 5.13 Å². The van der Waals surface area contributed by atoms with E-state index in [1.54, 1.807) is 6.20 Å². The van der Waals surface area contributed by atoms with E-state index in [1.165, 1.54) is 11.3 Å². The third-order valence-corrected chi connectivity index (χ3v) is 8.95. The monoisotopic (exact) mass is 503 g/mol. The molecule has 12 heteroatoms. The maximum Gasteiger partial charge on any atom is 0.225 e. The van der Waals surface area contributed by atoms with E-state index < -0.39 is 9.84 Å². The van der Waals surface area contributed by atoms with E-state index in [-0.39, 0.29) is 29.7 Å². The van der Waals surface area contributed by atoms with Crippen molar-refractivity contribution in [3.63, 3.8) is 0 Å². The van der Waals surface area contributed by atoms with Gasteiger partial charge in [-0.2, -0.15) is 4.98 Å². The van der Waals surface area contributed by atoms with Gasteiger partial charge in [-0.15, -0.1) is 0 Å². The summed E-state index contributed by atoms with van der Waals surface area (Å²) in [6, 6.07) is 6.05. The lowest BCUT2D eigenvalue weighted by Gasteiger charge is -2.26. The van der Waals surface area contributed by atoms with E-state index in [0.29, 0.717) is 36.3 Å². The van der Waals surface area contributed by atoms with Crippen LogP contribution in [0.4, 0.5) is 16.9 Å². The topological polar surface area (TPSA) is 142 Å². The first-order valence-electron chi connectivity index (χ1n) is 11.7. The zero-order chi connectivity index (χ0) is 23.5. The number of aliphatic hydroxyl groups is 1. The summed E-state index contributed by atoms with van der Waals surface area (Å²) in [6.45, 7) is 0.515. The summed E-state index contributed by atoms with van der Waals surface area (Å²) in [5.41, 5.74) is 1.64. The highest BCUT2D eigenvalue weighted by Crippen LogP contribution is 2.27. The highest BCUT2D eigenvalue weighted by Gasteiger charge is 2.24. The molecule has 3 aromatic heterocycles. The Bertz CT molecular complexity index is 1200. The number of nitrogens with zero attached hydrogens (tertiary/aromatic N) is 4. The molecule has 10 nitrogen and oxygen atoms in total. The number of aromatic nitrogens is 4. The van der Waals surface area contributed by atoms with Gasteiger partial charge in [-0.3, -0.25) is 0 Å². The number of rotatable bonds is 7. The molecule has 0 amide bonds. The molecule has 2 aliphatic rings. The molecule has 3 aromatic rings. The number of pyridine rings is 1. The average molecular weight is 504 g/mol. The summed E-state index contributed by atoms with van der Waals surface area (Å²) >= 11 is 1.46. The van der Waals surface area contributed by atoms with Crippen LogP contribution in [-0.2, 0) is 16.4 Å². The van der Waals surface area contributed by atoms with E-state index in [1.807, 2.05) is 18.2 Å². The van der Waals surface area contributed by atoms with Crippen molar-refractivity contribution < 1.29 is 13.5 Å². The Kier molecular flexibility index (Phi) is 6.91. The summed E-state index contributed by atoms with van der Waals surface area (Å²) in [5, 5.41) is 20.7.